The van der Waals surface area contributed by atoms with E-state index < -0.39 is 10.1 Å². The average Bonchev–Trinajstić information content (AvgIpc) is 2.22. The Balaban J connectivity index is 3.27. The predicted octanol–water partition coefficient (Wildman–Crippen LogP) is 3.49. The molecule has 0 fully saturated rings. The van der Waals surface area contributed by atoms with Crippen molar-refractivity contribution in [3.8, 4) is 0 Å². The van der Waals surface area contributed by atoms with Crippen LogP contribution in [-0.4, -0.2) is 20.8 Å². The van der Waals surface area contributed by atoms with Gasteiger partial charge in [-0.2, -0.15) is 8.42 Å². The average molecular weight is 250 g/mol. The third-order valence-corrected chi connectivity index (χ3v) is 3.93. The summed E-state index contributed by atoms with van der Waals surface area (Å²) in [6, 6.07) is 0. The first-order valence-corrected chi connectivity index (χ1v) is 8.07. The molecule has 98 valence electrons. The first kappa shape index (κ1) is 15.9. The SMILES string of the molecule is CCCCCCCCCCS(=O)(=O)OCC. The molecule has 0 heterocycles. The maximum Gasteiger partial charge on any atom is 0.267 e. The van der Waals surface area contributed by atoms with Crippen LogP contribution in [-0.2, 0) is 14.3 Å². The van der Waals surface area contributed by atoms with Gasteiger partial charge in [0.25, 0.3) is 10.1 Å². The van der Waals surface area contributed by atoms with Crippen LogP contribution in [0.15, 0.2) is 0 Å². The Morgan fingerprint density at radius 1 is 0.812 bits per heavy atom. The van der Waals surface area contributed by atoms with E-state index in [9.17, 15) is 8.42 Å². The molecule has 0 N–H and O–H groups in total. The summed E-state index contributed by atoms with van der Waals surface area (Å²) in [7, 11) is -3.23. The zero-order chi connectivity index (χ0) is 12.3. The summed E-state index contributed by atoms with van der Waals surface area (Å²) in [6.45, 7) is 4.16. The van der Waals surface area contributed by atoms with E-state index in [0.29, 0.717) is 0 Å². The highest BCUT2D eigenvalue weighted by Crippen LogP contribution is 2.09. The van der Waals surface area contributed by atoms with Crippen LogP contribution in [0.5, 0.6) is 0 Å². The standard InChI is InChI=1S/C12H26O3S/c1-3-5-6-7-8-9-10-11-12-16(13,14)15-4-2/h3-12H2,1-2H3. The van der Waals surface area contributed by atoms with E-state index in [2.05, 4.69) is 11.1 Å². The van der Waals surface area contributed by atoms with Crippen molar-refractivity contribution < 1.29 is 12.6 Å². The molecule has 0 aromatic carbocycles. The minimum atomic E-state index is -3.23. The van der Waals surface area contributed by atoms with Gasteiger partial charge in [-0.25, -0.2) is 0 Å². The number of rotatable bonds is 11. The van der Waals surface area contributed by atoms with Gasteiger partial charge in [-0.15, -0.1) is 0 Å². The van der Waals surface area contributed by atoms with Gasteiger partial charge in [-0.3, -0.25) is 4.18 Å². The Bertz CT molecular complexity index is 235. The van der Waals surface area contributed by atoms with Crippen LogP contribution in [0.4, 0.5) is 0 Å². The van der Waals surface area contributed by atoms with Crippen molar-refractivity contribution >= 4 is 10.1 Å². The van der Waals surface area contributed by atoms with E-state index in [1.807, 2.05) is 0 Å². The van der Waals surface area contributed by atoms with Crippen LogP contribution in [0.25, 0.3) is 0 Å². The molecule has 0 aliphatic rings. The molecule has 0 radical (unpaired) electrons. The van der Waals surface area contributed by atoms with Crippen molar-refractivity contribution in [3.63, 3.8) is 0 Å². The van der Waals surface area contributed by atoms with Crippen LogP contribution in [0.3, 0.4) is 0 Å². The van der Waals surface area contributed by atoms with Gasteiger partial charge in [0.1, 0.15) is 0 Å². The van der Waals surface area contributed by atoms with Crippen molar-refractivity contribution in [3.05, 3.63) is 0 Å². The summed E-state index contributed by atoms with van der Waals surface area (Å²) in [4.78, 5) is 0. The first-order valence-electron chi connectivity index (χ1n) is 6.49. The van der Waals surface area contributed by atoms with Crippen LogP contribution in [0.1, 0.15) is 65.2 Å². The Hall–Kier alpha value is -0.0900. The highest BCUT2D eigenvalue weighted by atomic mass is 32.2. The van der Waals surface area contributed by atoms with E-state index in [-0.39, 0.29) is 12.4 Å². The Kier molecular flexibility index (Phi) is 10.0. The fraction of sp³-hybridized carbons (Fsp3) is 1.00. The van der Waals surface area contributed by atoms with Crippen molar-refractivity contribution in [2.45, 2.75) is 65.2 Å². The lowest BCUT2D eigenvalue weighted by molar-refractivity contribution is 0.337. The Morgan fingerprint density at radius 2 is 1.31 bits per heavy atom. The lowest BCUT2D eigenvalue weighted by Crippen LogP contribution is -2.10. The van der Waals surface area contributed by atoms with Gasteiger partial charge in [0.2, 0.25) is 0 Å². The van der Waals surface area contributed by atoms with Crippen molar-refractivity contribution in [2.24, 2.45) is 0 Å². The molecule has 0 aromatic heterocycles. The topological polar surface area (TPSA) is 43.4 Å². The molecule has 0 atom stereocenters. The molecule has 4 heteroatoms. The van der Waals surface area contributed by atoms with Gasteiger partial charge < -0.3 is 0 Å². The largest absolute Gasteiger partial charge is 0.270 e. The lowest BCUT2D eigenvalue weighted by Gasteiger charge is -2.03. The van der Waals surface area contributed by atoms with E-state index in [4.69, 9.17) is 0 Å². The molecule has 0 saturated carbocycles. The highest BCUT2D eigenvalue weighted by molar-refractivity contribution is 7.86. The van der Waals surface area contributed by atoms with Gasteiger partial charge in [0, 0.05) is 0 Å². The molecule has 0 amide bonds. The minimum Gasteiger partial charge on any atom is -0.270 e. The quantitative estimate of drug-likeness (QED) is 0.416. The minimum absolute atomic E-state index is 0.176. The van der Waals surface area contributed by atoms with Crippen molar-refractivity contribution in [1.29, 1.82) is 0 Å². The summed E-state index contributed by atoms with van der Waals surface area (Å²) in [5.74, 6) is 0.176. The molecule has 0 aliphatic carbocycles. The molecule has 0 spiro atoms. The maximum absolute atomic E-state index is 11.2. The van der Waals surface area contributed by atoms with Gasteiger partial charge >= 0.3 is 0 Å². The number of hydrogen-bond donors (Lipinski definition) is 0. The fourth-order valence-electron chi connectivity index (χ4n) is 1.65. The van der Waals surface area contributed by atoms with Crippen LogP contribution >= 0.6 is 0 Å². The summed E-state index contributed by atoms with van der Waals surface area (Å²) in [5, 5.41) is 0. The van der Waals surface area contributed by atoms with Gasteiger partial charge in [0.15, 0.2) is 0 Å². The van der Waals surface area contributed by atoms with Gasteiger partial charge in [-0.05, 0) is 13.3 Å². The molecule has 3 nitrogen and oxygen atoms in total. The van der Waals surface area contributed by atoms with E-state index in [1.165, 1.54) is 32.1 Å². The summed E-state index contributed by atoms with van der Waals surface area (Å²) in [5.41, 5.74) is 0. The van der Waals surface area contributed by atoms with Crippen molar-refractivity contribution in [2.75, 3.05) is 12.4 Å². The monoisotopic (exact) mass is 250 g/mol. The van der Waals surface area contributed by atoms with E-state index in [0.717, 1.165) is 19.3 Å². The molecule has 0 aliphatic heterocycles. The van der Waals surface area contributed by atoms with E-state index in [1.54, 1.807) is 6.92 Å². The second kappa shape index (κ2) is 10.1. The predicted molar refractivity (Wildman–Crippen MR) is 68.0 cm³/mol. The second-order valence-corrected chi connectivity index (χ2v) is 5.90. The third-order valence-electron chi connectivity index (χ3n) is 2.55. The molecule has 0 rings (SSSR count). The zero-order valence-corrected chi connectivity index (χ0v) is 11.5. The molecule has 0 bridgehead atoms. The Labute approximate surface area is 101 Å². The number of hydrogen-bond acceptors (Lipinski definition) is 3. The third kappa shape index (κ3) is 10.4. The summed E-state index contributed by atoms with van der Waals surface area (Å²) in [6.07, 6.45) is 9.29. The molecular formula is C12H26O3S. The van der Waals surface area contributed by atoms with Crippen LogP contribution in [0, 0.1) is 0 Å². The van der Waals surface area contributed by atoms with Crippen molar-refractivity contribution in [1.82, 2.24) is 0 Å². The number of unbranched alkanes of at least 4 members (excludes halogenated alkanes) is 7. The zero-order valence-electron chi connectivity index (χ0n) is 10.7. The fourth-order valence-corrected chi connectivity index (χ4v) is 2.69. The van der Waals surface area contributed by atoms with Gasteiger partial charge in [0.05, 0.1) is 12.4 Å². The normalized spacial score (nSPS) is 11.9. The molecular weight excluding hydrogens is 224 g/mol. The molecule has 0 unspecified atom stereocenters. The van der Waals surface area contributed by atoms with Gasteiger partial charge in [-0.1, -0.05) is 51.9 Å². The Morgan fingerprint density at radius 3 is 1.81 bits per heavy atom. The van der Waals surface area contributed by atoms with E-state index >= 15 is 0 Å². The maximum atomic E-state index is 11.2. The summed E-state index contributed by atoms with van der Waals surface area (Å²) >= 11 is 0. The molecule has 16 heavy (non-hydrogen) atoms. The van der Waals surface area contributed by atoms with Crippen LogP contribution in [0.2, 0.25) is 0 Å². The smallest absolute Gasteiger partial charge is 0.267 e. The molecule has 0 aromatic rings. The molecule has 0 saturated heterocycles. The summed E-state index contributed by atoms with van der Waals surface area (Å²) < 4.78 is 27.0. The first-order chi connectivity index (χ1) is 7.62. The second-order valence-electron chi connectivity index (χ2n) is 4.14. The highest BCUT2D eigenvalue weighted by Gasteiger charge is 2.08. The lowest BCUT2D eigenvalue weighted by atomic mass is 10.1. The van der Waals surface area contributed by atoms with Crippen LogP contribution < -0.4 is 0 Å².